The van der Waals surface area contributed by atoms with Crippen LogP contribution in [0.25, 0.3) is 0 Å². The van der Waals surface area contributed by atoms with E-state index in [2.05, 4.69) is 0 Å². The SMILES string of the molecule is CCOC1CCCN(S(=O)(=O)CCCCO)C1. The predicted octanol–water partition coefficient (Wildman–Crippen LogP) is 0.590. The quantitative estimate of drug-likeness (QED) is 0.684. The van der Waals surface area contributed by atoms with Crippen LogP contribution in [0.5, 0.6) is 0 Å². The number of sulfonamides is 1. The Morgan fingerprint density at radius 2 is 2.18 bits per heavy atom. The number of hydrogen-bond donors (Lipinski definition) is 1. The Morgan fingerprint density at radius 1 is 1.41 bits per heavy atom. The lowest BCUT2D eigenvalue weighted by Gasteiger charge is -2.31. The molecule has 1 aliphatic rings. The van der Waals surface area contributed by atoms with Gasteiger partial charge in [-0.05, 0) is 32.6 Å². The largest absolute Gasteiger partial charge is 0.396 e. The molecule has 0 spiro atoms. The summed E-state index contributed by atoms with van der Waals surface area (Å²) >= 11 is 0. The summed E-state index contributed by atoms with van der Waals surface area (Å²) in [5.74, 6) is 0.131. The van der Waals surface area contributed by atoms with Gasteiger partial charge in [-0.25, -0.2) is 8.42 Å². The van der Waals surface area contributed by atoms with Crippen LogP contribution in [-0.2, 0) is 14.8 Å². The summed E-state index contributed by atoms with van der Waals surface area (Å²) in [7, 11) is -3.16. The molecule has 5 nitrogen and oxygen atoms in total. The Labute approximate surface area is 104 Å². The van der Waals surface area contributed by atoms with Gasteiger partial charge in [0.05, 0.1) is 11.9 Å². The second kappa shape index (κ2) is 7.31. The lowest BCUT2D eigenvalue weighted by molar-refractivity contribution is 0.0265. The molecule has 0 aromatic rings. The average Bonchev–Trinajstić information content (AvgIpc) is 2.30. The molecule has 0 saturated carbocycles. The van der Waals surface area contributed by atoms with E-state index < -0.39 is 10.0 Å². The molecule has 102 valence electrons. The van der Waals surface area contributed by atoms with Gasteiger partial charge in [0.15, 0.2) is 0 Å². The maximum Gasteiger partial charge on any atom is 0.214 e. The molecule has 1 fully saturated rings. The average molecular weight is 265 g/mol. The third kappa shape index (κ3) is 4.91. The standard InChI is InChI=1S/C11H23NO4S/c1-2-16-11-6-5-7-12(10-11)17(14,15)9-4-3-8-13/h11,13H,2-10H2,1H3. The van der Waals surface area contributed by atoms with Gasteiger partial charge < -0.3 is 9.84 Å². The Balaban J connectivity index is 2.46. The summed E-state index contributed by atoms with van der Waals surface area (Å²) in [5.41, 5.74) is 0. The molecule has 17 heavy (non-hydrogen) atoms. The predicted molar refractivity (Wildman–Crippen MR) is 66.3 cm³/mol. The van der Waals surface area contributed by atoms with E-state index in [-0.39, 0.29) is 18.5 Å². The van der Waals surface area contributed by atoms with E-state index in [1.807, 2.05) is 6.92 Å². The number of unbranched alkanes of at least 4 members (excludes halogenated alkanes) is 1. The first-order chi connectivity index (χ1) is 8.10. The van der Waals surface area contributed by atoms with Crippen LogP contribution in [0.2, 0.25) is 0 Å². The number of rotatable bonds is 7. The van der Waals surface area contributed by atoms with Crippen molar-refractivity contribution in [2.24, 2.45) is 0 Å². The number of hydrogen-bond acceptors (Lipinski definition) is 4. The highest BCUT2D eigenvalue weighted by molar-refractivity contribution is 7.89. The van der Waals surface area contributed by atoms with Crippen molar-refractivity contribution in [3.63, 3.8) is 0 Å². The minimum absolute atomic E-state index is 0.0429. The molecular formula is C11H23NO4S. The smallest absolute Gasteiger partial charge is 0.214 e. The molecule has 0 aliphatic carbocycles. The molecule has 0 aromatic carbocycles. The Bertz CT molecular complexity index is 303. The van der Waals surface area contributed by atoms with E-state index in [1.165, 1.54) is 4.31 Å². The van der Waals surface area contributed by atoms with Gasteiger partial charge in [0, 0.05) is 26.3 Å². The molecule has 0 aromatic heterocycles. The van der Waals surface area contributed by atoms with Crippen LogP contribution < -0.4 is 0 Å². The molecule has 1 atom stereocenters. The van der Waals surface area contributed by atoms with Crippen molar-refractivity contribution >= 4 is 10.0 Å². The van der Waals surface area contributed by atoms with Gasteiger partial charge in [0.25, 0.3) is 0 Å². The summed E-state index contributed by atoms with van der Waals surface area (Å²) in [5, 5.41) is 8.66. The van der Waals surface area contributed by atoms with E-state index in [0.29, 0.717) is 32.5 Å². The highest BCUT2D eigenvalue weighted by atomic mass is 32.2. The minimum atomic E-state index is -3.16. The molecule has 1 N–H and O–H groups in total. The number of aliphatic hydroxyl groups excluding tert-OH is 1. The number of aliphatic hydroxyl groups is 1. The number of piperidine rings is 1. The second-order valence-corrected chi connectivity index (χ2v) is 6.41. The van der Waals surface area contributed by atoms with Crippen molar-refractivity contribution in [2.75, 3.05) is 32.1 Å². The summed E-state index contributed by atoms with van der Waals surface area (Å²) in [4.78, 5) is 0. The highest BCUT2D eigenvalue weighted by Gasteiger charge is 2.28. The monoisotopic (exact) mass is 265 g/mol. The number of ether oxygens (including phenoxy) is 1. The van der Waals surface area contributed by atoms with Crippen molar-refractivity contribution in [3.05, 3.63) is 0 Å². The maximum absolute atomic E-state index is 12.0. The molecule has 0 amide bonds. The molecule has 0 bridgehead atoms. The van der Waals surface area contributed by atoms with Crippen molar-refractivity contribution in [1.29, 1.82) is 0 Å². The van der Waals surface area contributed by atoms with Gasteiger partial charge in [-0.1, -0.05) is 0 Å². The van der Waals surface area contributed by atoms with Gasteiger partial charge >= 0.3 is 0 Å². The fraction of sp³-hybridized carbons (Fsp3) is 1.00. The van der Waals surface area contributed by atoms with Crippen LogP contribution in [0.1, 0.15) is 32.6 Å². The molecule has 0 radical (unpaired) electrons. The van der Waals surface area contributed by atoms with Crippen LogP contribution in [-0.4, -0.2) is 56.0 Å². The molecule has 1 aliphatic heterocycles. The van der Waals surface area contributed by atoms with Crippen LogP contribution in [0.4, 0.5) is 0 Å². The van der Waals surface area contributed by atoms with E-state index in [9.17, 15) is 8.42 Å². The van der Waals surface area contributed by atoms with Crippen LogP contribution in [0.15, 0.2) is 0 Å². The first-order valence-electron chi connectivity index (χ1n) is 6.30. The molecule has 6 heteroatoms. The van der Waals surface area contributed by atoms with Crippen molar-refractivity contribution in [2.45, 2.75) is 38.7 Å². The maximum atomic E-state index is 12.0. The van der Waals surface area contributed by atoms with E-state index in [1.54, 1.807) is 0 Å². The van der Waals surface area contributed by atoms with Crippen LogP contribution in [0.3, 0.4) is 0 Å². The molecule has 1 rings (SSSR count). The van der Waals surface area contributed by atoms with Gasteiger partial charge in [-0.3, -0.25) is 0 Å². The fourth-order valence-corrected chi connectivity index (χ4v) is 3.68. The Kier molecular flexibility index (Phi) is 6.40. The first kappa shape index (κ1) is 14.9. The normalized spacial score (nSPS) is 22.8. The summed E-state index contributed by atoms with van der Waals surface area (Å²) < 4.78 is 31.0. The van der Waals surface area contributed by atoms with Crippen molar-refractivity contribution in [3.8, 4) is 0 Å². The highest BCUT2D eigenvalue weighted by Crippen LogP contribution is 2.17. The van der Waals surface area contributed by atoms with E-state index >= 15 is 0 Å². The minimum Gasteiger partial charge on any atom is -0.396 e. The van der Waals surface area contributed by atoms with Gasteiger partial charge in [-0.2, -0.15) is 4.31 Å². The van der Waals surface area contributed by atoms with E-state index in [0.717, 1.165) is 12.8 Å². The summed E-state index contributed by atoms with van der Waals surface area (Å²) in [6, 6.07) is 0. The lowest BCUT2D eigenvalue weighted by Crippen LogP contribution is -2.44. The fourth-order valence-electron chi connectivity index (χ4n) is 2.05. The van der Waals surface area contributed by atoms with Gasteiger partial charge in [0.1, 0.15) is 0 Å². The van der Waals surface area contributed by atoms with Crippen molar-refractivity contribution in [1.82, 2.24) is 4.31 Å². The zero-order valence-corrected chi connectivity index (χ0v) is 11.3. The van der Waals surface area contributed by atoms with Gasteiger partial charge in [-0.15, -0.1) is 0 Å². The lowest BCUT2D eigenvalue weighted by atomic mass is 10.1. The van der Waals surface area contributed by atoms with Crippen LogP contribution in [0, 0.1) is 0 Å². The van der Waals surface area contributed by atoms with Crippen molar-refractivity contribution < 1.29 is 18.3 Å². The Hall–Kier alpha value is -0.170. The number of nitrogens with zero attached hydrogens (tertiary/aromatic N) is 1. The molecular weight excluding hydrogens is 242 g/mol. The first-order valence-corrected chi connectivity index (χ1v) is 7.91. The van der Waals surface area contributed by atoms with Gasteiger partial charge in [0.2, 0.25) is 10.0 Å². The Morgan fingerprint density at radius 3 is 2.82 bits per heavy atom. The van der Waals surface area contributed by atoms with E-state index in [4.69, 9.17) is 9.84 Å². The third-order valence-electron chi connectivity index (χ3n) is 2.95. The zero-order chi connectivity index (χ0) is 12.7. The topological polar surface area (TPSA) is 66.8 Å². The third-order valence-corrected chi connectivity index (χ3v) is 4.87. The zero-order valence-electron chi connectivity index (χ0n) is 10.5. The molecule has 1 saturated heterocycles. The molecule has 1 heterocycles. The summed E-state index contributed by atoms with van der Waals surface area (Å²) in [6.45, 7) is 3.69. The molecule has 1 unspecified atom stereocenters. The second-order valence-electron chi connectivity index (χ2n) is 4.32. The summed E-state index contributed by atoms with van der Waals surface area (Å²) in [6.07, 6.45) is 2.91. The van der Waals surface area contributed by atoms with Crippen LogP contribution >= 0.6 is 0 Å².